The van der Waals surface area contributed by atoms with Crippen molar-refractivity contribution in [1.82, 2.24) is 0 Å². The van der Waals surface area contributed by atoms with Gasteiger partial charge in [-0.3, -0.25) is 19.2 Å². The van der Waals surface area contributed by atoms with Crippen LogP contribution in [0.1, 0.15) is 37.9 Å². The van der Waals surface area contributed by atoms with Gasteiger partial charge < -0.3 is 4.74 Å². The standard InChI is InChI=1S/C27H17BrClNO5/c1-13-16(7-4-8-19(13)29)22-20-21(26(34)30(25(20)33)15-11-9-14(28)10-12-15)27(35-22)23(31)17-5-2-3-6-18(17)24(27)32/h2-12,20-22H,1H3/t20-,21-,22+/m1/s1. The Hall–Kier alpha value is -3.13. The lowest BCUT2D eigenvalue weighted by Gasteiger charge is -2.27. The molecule has 0 saturated carbocycles. The number of benzene rings is 3. The first-order valence-corrected chi connectivity index (χ1v) is 12.2. The molecular weight excluding hydrogens is 534 g/mol. The van der Waals surface area contributed by atoms with Gasteiger partial charge in [-0.05, 0) is 48.4 Å². The number of ketones is 2. The molecule has 35 heavy (non-hydrogen) atoms. The summed E-state index contributed by atoms with van der Waals surface area (Å²) in [6, 6.07) is 18.3. The van der Waals surface area contributed by atoms with Crippen LogP contribution in [0.2, 0.25) is 5.02 Å². The Labute approximate surface area is 214 Å². The van der Waals surface area contributed by atoms with Gasteiger partial charge >= 0.3 is 0 Å². The Morgan fingerprint density at radius 2 is 1.49 bits per heavy atom. The summed E-state index contributed by atoms with van der Waals surface area (Å²) in [5.41, 5.74) is -0.119. The first-order chi connectivity index (χ1) is 16.8. The van der Waals surface area contributed by atoms with Gasteiger partial charge in [0.25, 0.3) is 0 Å². The first-order valence-electron chi connectivity index (χ1n) is 11.0. The molecule has 0 unspecified atom stereocenters. The van der Waals surface area contributed by atoms with Crippen molar-refractivity contribution in [3.63, 3.8) is 0 Å². The molecule has 8 heteroatoms. The molecule has 3 aromatic carbocycles. The second-order valence-electron chi connectivity index (χ2n) is 8.92. The Balaban J connectivity index is 1.57. The lowest BCUT2D eigenvalue weighted by Crippen LogP contribution is -2.51. The van der Waals surface area contributed by atoms with E-state index in [4.69, 9.17) is 16.3 Å². The largest absolute Gasteiger partial charge is 0.349 e. The van der Waals surface area contributed by atoms with Crippen LogP contribution in [-0.4, -0.2) is 29.0 Å². The van der Waals surface area contributed by atoms with E-state index >= 15 is 0 Å². The Bertz CT molecular complexity index is 1430. The average molecular weight is 551 g/mol. The third-order valence-electron chi connectivity index (χ3n) is 7.22. The number of nitrogens with zero attached hydrogens (tertiary/aromatic N) is 1. The number of imide groups is 1. The number of carbonyl (C=O) groups is 4. The average Bonchev–Trinajstić information content (AvgIpc) is 3.42. The molecule has 1 aliphatic carbocycles. The van der Waals surface area contributed by atoms with Crippen LogP contribution in [0.5, 0.6) is 0 Å². The predicted octanol–water partition coefficient (Wildman–Crippen LogP) is 5.11. The molecule has 0 radical (unpaired) electrons. The van der Waals surface area contributed by atoms with Crippen molar-refractivity contribution >= 4 is 56.6 Å². The fraction of sp³-hybridized carbons (Fsp3) is 0.185. The molecular formula is C27H17BrClNO5. The molecule has 0 N–H and O–H groups in total. The SMILES string of the molecule is Cc1c(Cl)cccc1[C@@H]1OC2(C(=O)c3ccccc3C2=O)[C@H]2C(=O)N(c3ccc(Br)cc3)C(=O)[C@@H]12. The van der Waals surface area contributed by atoms with E-state index in [1.807, 2.05) is 0 Å². The van der Waals surface area contributed by atoms with Crippen LogP contribution in [0.3, 0.4) is 0 Å². The van der Waals surface area contributed by atoms with E-state index in [0.717, 1.165) is 9.37 Å². The van der Waals surface area contributed by atoms with E-state index < -0.39 is 46.9 Å². The number of fused-ring (bicyclic) bond motifs is 3. The molecule has 2 heterocycles. The van der Waals surface area contributed by atoms with Gasteiger partial charge in [0.1, 0.15) is 0 Å². The fourth-order valence-corrected chi connectivity index (χ4v) is 6.02. The third kappa shape index (κ3) is 2.86. The van der Waals surface area contributed by atoms with Crippen molar-refractivity contribution < 1.29 is 23.9 Å². The van der Waals surface area contributed by atoms with E-state index in [1.165, 1.54) is 0 Å². The van der Waals surface area contributed by atoms with Crippen molar-refractivity contribution in [3.8, 4) is 0 Å². The minimum absolute atomic E-state index is 0.196. The number of hydrogen-bond acceptors (Lipinski definition) is 5. The lowest BCUT2D eigenvalue weighted by molar-refractivity contribution is -0.127. The highest BCUT2D eigenvalue weighted by molar-refractivity contribution is 9.10. The molecule has 2 amide bonds. The summed E-state index contributed by atoms with van der Waals surface area (Å²) in [5.74, 6) is -4.68. The number of amides is 2. The molecule has 3 atom stereocenters. The number of hydrogen-bond donors (Lipinski definition) is 0. The highest BCUT2D eigenvalue weighted by Crippen LogP contribution is 2.58. The third-order valence-corrected chi connectivity index (χ3v) is 8.16. The smallest absolute Gasteiger partial charge is 0.241 e. The maximum atomic E-state index is 13.9. The first kappa shape index (κ1) is 22.3. The van der Waals surface area contributed by atoms with E-state index in [0.29, 0.717) is 21.8 Å². The summed E-state index contributed by atoms with van der Waals surface area (Å²) in [7, 11) is 0. The molecule has 2 fully saturated rings. The quantitative estimate of drug-likeness (QED) is 0.327. The molecule has 2 aliphatic heterocycles. The van der Waals surface area contributed by atoms with Crippen molar-refractivity contribution in [2.45, 2.75) is 18.6 Å². The summed E-state index contributed by atoms with van der Waals surface area (Å²) in [5, 5.41) is 0.456. The Morgan fingerprint density at radius 1 is 0.857 bits per heavy atom. The highest BCUT2D eigenvalue weighted by Gasteiger charge is 2.74. The number of Topliss-reactive ketones (excluding diaryl/α,β-unsaturated/α-hetero) is 2. The summed E-state index contributed by atoms with van der Waals surface area (Å²) in [4.78, 5) is 56.4. The number of halogens is 2. The van der Waals surface area contributed by atoms with Gasteiger partial charge in [0.05, 0.1) is 23.6 Å². The lowest BCUT2D eigenvalue weighted by atomic mass is 9.77. The summed E-state index contributed by atoms with van der Waals surface area (Å²) in [6.07, 6.45) is -1.00. The van der Waals surface area contributed by atoms with Crippen LogP contribution in [0.4, 0.5) is 5.69 Å². The van der Waals surface area contributed by atoms with Gasteiger partial charge in [0.15, 0.2) is 0 Å². The van der Waals surface area contributed by atoms with Gasteiger partial charge in [-0.2, -0.15) is 0 Å². The van der Waals surface area contributed by atoms with Gasteiger partial charge in [-0.15, -0.1) is 0 Å². The van der Waals surface area contributed by atoms with Crippen LogP contribution >= 0.6 is 27.5 Å². The van der Waals surface area contributed by atoms with Gasteiger partial charge in [-0.25, -0.2) is 4.90 Å². The van der Waals surface area contributed by atoms with E-state index in [2.05, 4.69) is 15.9 Å². The second kappa shape index (κ2) is 7.68. The normalized spacial score (nSPS) is 24.4. The number of rotatable bonds is 2. The van der Waals surface area contributed by atoms with Crippen molar-refractivity contribution in [2.75, 3.05) is 4.90 Å². The van der Waals surface area contributed by atoms with Crippen LogP contribution in [-0.2, 0) is 14.3 Å². The minimum Gasteiger partial charge on any atom is -0.349 e. The number of carbonyl (C=O) groups excluding carboxylic acids is 4. The highest BCUT2D eigenvalue weighted by atomic mass is 79.9. The van der Waals surface area contributed by atoms with E-state index in [1.54, 1.807) is 73.7 Å². The van der Waals surface area contributed by atoms with Crippen LogP contribution in [0.15, 0.2) is 71.2 Å². The maximum absolute atomic E-state index is 13.9. The summed E-state index contributed by atoms with van der Waals surface area (Å²) in [6.45, 7) is 1.78. The minimum atomic E-state index is -2.11. The zero-order valence-corrected chi connectivity index (χ0v) is 20.7. The topological polar surface area (TPSA) is 80.8 Å². The molecule has 0 aromatic heterocycles. The fourth-order valence-electron chi connectivity index (χ4n) is 5.58. The van der Waals surface area contributed by atoms with E-state index in [-0.39, 0.29) is 11.1 Å². The molecule has 3 aliphatic rings. The maximum Gasteiger partial charge on any atom is 0.241 e. The molecule has 6 rings (SSSR count). The molecule has 0 bridgehead atoms. The molecule has 174 valence electrons. The summed E-state index contributed by atoms with van der Waals surface area (Å²) >= 11 is 9.72. The van der Waals surface area contributed by atoms with E-state index in [9.17, 15) is 19.2 Å². The van der Waals surface area contributed by atoms with Crippen molar-refractivity contribution in [3.05, 3.63) is 98.5 Å². The van der Waals surface area contributed by atoms with Gasteiger partial charge in [0.2, 0.25) is 29.0 Å². The summed E-state index contributed by atoms with van der Waals surface area (Å²) < 4.78 is 7.10. The van der Waals surface area contributed by atoms with Crippen molar-refractivity contribution in [2.24, 2.45) is 11.8 Å². The number of ether oxygens (including phenoxy) is 1. The van der Waals surface area contributed by atoms with Crippen LogP contribution in [0, 0.1) is 18.8 Å². The monoisotopic (exact) mass is 549 g/mol. The predicted molar refractivity (Wildman–Crippen MR) is 131 cm³/mol. The van der Waals surface area contributed by atoms with Gasteiger partial charge in [0, 0.05) is 20.6 Å². The molecule has 2 saturated heterocycles. The zero-order valence-electron chi connectivity index (χ0n) is 18.3. The Morgan fingerprint density at radius 3 is 2.11 bits per heavy atom. The molecule has 3 aromatic rings. The molecule has 6 nitrogen and oxygen atoms in total. The van der Waals surface area contributed by atoms with Crippen LogP contribution in [0.25, 0.3) is 0 Å². The molecule has 1 spiro atoms. The number of anilines is 1. The Kier molecular flexibility index (Phi) is 4.90. The second-order valence-corrected chi connectivity index (χ2v) is 10.2. The van der Waals surface area contributed by atoms with Gasteiger partial charge in [-0.1, -0.05) is 63.9 Å². The zero-order chi connectivity index (χ0) is 24.6. The van der Waals surface area contributed by atoms with Crippen molar-refractivity contribution in [1.29, 1.82) is 0 Å². The van der Waals surface area contributed by atoms with Crippen LogP contribution < -0.4 is 4.90 Å².